The van der Waals surface area contributed by atoms with Gasteiger partial charge in [0.2, 0.25) is 5.88 Å². The van der Waals surface area contributed by atoms with Gasteiger partial charge < -0.3 is 19.8 Å². The fraction of sp³-hybridized carbons (Fsp3) is 0.0741. The molecule has 0 radical (unpaired) electrons. The lowest BCUT2D eigenvalue weighted by Crippen LogP contribution is -2.32. The number of fused-ring (bicyclic) bond motifs is 1. The van der Waals surface area contributed by atoms with E-state index in [1.165, 1.54) is 0 Å². The van der Waals surface area contributed by atoms with Gasteiger partial charge in [0.05, 0.1) is 35.6 Å². The van der Waals surface area contributed by atoms with Crippen LogP contribution in [-0.4, -0.2) is 69.5 Å². The molecule has 4 heterocycles. The summed E-state index contributed by atoms with van der Waals surface area (Å²) in [7, 11) is 5.53. The van der Waals surface area contributed by atoms with Crippen LogP contribution in [0.2, 0.25) is 0 Å². The topological polar surface area (TPSA) is 198 Å². The molecule has 71 heavy (non-hydrogen) atoms. The number of carbonyl (C=O) groups is 2. The van der Waals surface area contributed by atoms with Crippen LogP contribution in [0.4, 0.5) is 39.8 Å². The van der Waals surface area contributed by atoms with E-state index in [0.29, 0.717) is 57.0 Å². The Bertz CT molecular complexity index is 3530. The van der Waals surface area contributed by atoms with Gasteiger partial charge in [-0.3, -0.25) is 19.4 Å². The third-order valence-corrected chi connectivity index (χ3v) is 11.5. The van der Waals surface area contributed by atoms with E-state index in [1.54, 1.807) is 84.5 Å². The Morgan fingerprint density at radius 2 is 1.04 bits per heavy atom. The molecule has 0 atom stereocenters. The maximum absolute atomic E-state index is 13.9. The van der Waals surface area contributed by atoms with Gasteiger partial charge in [-0.05, 0) is 127 Å². The second-order valence-electron chi connectivity index (χ2n) is 16.4. The minimum absolute atomic E-state index is 0.0115. The first-order valence-corrected chi connectivity index (χ1v) is 22.2. The molecular weight excluding hydrogens is 897 g/mol. The van der Waals surface area contributed by atoms with Crippen molar-refractivity contribution in [3.63, 3.8) is 0 Å². The molecule has 6 aromatic carbocycles. The molecule has 2 aromatic heterocycles. The summed E-state index contributed by atoms with van der Waals surface area (Å²) < 4.78 is 6.28. The summed E-state index contributed by atoms with van der Waals surface area (Å²) in [4.78, 5) is 46.9. The van der Waals surface area contributed by atoms with Crippen LogP contribution < -0.4 is 19.4 Å². The zero-order valence-electron chi connectivity index (χ0n) is 38.7. The van der Waals surface area contributed by atoms with Gasteiger partial charge in [-0.15, -0.1) is 15.3 Å². The third-order valence-electron chi connectivity index (χ3n) is 11.5. The molecule has 10 rings (SSSR count). The molecule has 348 valence electrons. The molecule has 0 saturated carbocycles. The Labute approximate surface area is 406 Å². The third kappa shape index (κ3) is 9.00. The quantitative estimate of drug-likeness (QED) is 0.0890. The highest BCUT2D eigenvalue weighted by atomic mass is 16.5. The number of rotatable bonds is 12. The van der Waals surface area contributed by atoms with E-state index in [4.69, 9.17) is 14.7 Å². The van der Waals surface area contributed by atoms with Crippen molar-refractivity contribution in [1.82, 2.24) is 14.6 Å². The van der Waals surface area contributed by atoms with Gasteiger partial charge in [0, 0.05) is 30.9 Å². The first-order valence-electron chi connectivity index (χ1n) is 22.2. The lowest BCUT2D eigenvalue weighted by atomic mass is 10.1. The lowest BCUT2D eigenvalue weighted by Gasteiger charge is -2.18. The molecular formula is C54H42N12O5. The minimum Gasteiger partial charge on any atom is -0.497 e. The Morgan fingerprint density at radius 3 is 1.51 bits per heavy atom. The van der Waals surface area contributed by atoms with Crippen LogP contribution in [-0.2, 0) is 9.59 Å². The second kappa shape index (κ2) is 19.0. The number of amidine groups is 2. The predicted molar refractivity (Wildman–Crippen MR) is 273 cm³/mol. The van der Waals surface area contributed by atoms with E-state index in [2.05, 4.69) is 30.5 Å². The van der Waals surface area contributed by atoms with Crippen LogP contribution in [0, 0.1) is 6.92 Å². The van der Waals surface area contributed by atoms with Crippen LogP contribution in [0.5, 0.6) is 17.5 Å². The number of aromatic hydroxyl groups is 2. The van der Waals surface area contributed by atoms with Gasteiger partial charge in [0.15, 0.2) is 17.0 Å². The number of anilines is 3. The van der Waals surface area contributed by atoms with Crippen molar-refractivity contribution in [2.75, 3.05) is 35.9 Å². The zero-order chi connectivity index (χ0) is 49.2. The molecule has 0 unspecified atom stereocenters. The van der Waals surface area contributed by atoms with Gasteiger partial charge in [0.25, 0.3) is 17.7 Å². The molecule has 2 amide bonds. The number of para-hydroxylation sites is 2. The monoisotopic (exact) mass is 938 g/mol. The number of hydrogen-bond acceptors (Lipinski definition) is 14. The Morgan fingerprint density at radius 1 is 0.577 bits per heavy atom. The van der Waals surface area contributed by atoms with Crippen LogP contribution in [0.15, 0.2) is 200 Å². The lowest BCUT2D eigenvalue weighted by molar-refractivity contribution is -0.114. The molecule has 2 aliphatic rings. The standard InChI is InChI=1S/C54H42N12O5/c1-33-46(60-58-38-23-19-36(20-24-38)48-56-44(31-34-15-27-40(28-16-34)63(2)3)52(68)64(48)41-11-7-5-8-12-41)54(70)66-50(55-33)47(51(67)62-66)61-59-39-25-21-37(22-26-39)49-57-45(32-35-17-29-43(71-4)30-18-35)53(69)65(49)42-13-9-6-10-14-42/h5-32,70H,1-4H3,(H,62,67)/b44-31+,45-32+,60-58?,61-59?. The number of methoxy groups -OCH3 is 1. The molecule has 17 heteroatoms. The Kier molecular flexibility index (Phi) is 12.0. The van der Waals surface area contributed by atoms with Crippen molar-refractivity contribution < 1.29 is 24.5 Å². The Balaban J connectivity index is 0.878. The number of nitrogens with zero attached hydrogens (tertiary/aromatic N) is 12. The van der Waals surface area contributed by atoms with Crippen molar-refractivity contribution in [2.45, 2.75) is 6.92 Å². The zero-order valence-corrected chi connectivity index (χ0v) is 38.7. The number of aryl methyl sites for hydroxylation is 1. The average molecular weight is 939 g/mol. The normalized spacial score (nSPS) is 15.0. The average Bonchev–Trinajstić information content (AvgIpc) is 4.02. The second-order valence-corrected chi connectivity index (χ2v) is 16.4. The van der Waals surface area contributed by atoms with Crippen molar-refractivity contribution in [3.05, 3.63) is 197 Å². The van der Waals surface area contributed by atoms with Crippen LogP contribution >= 0.6 is 0 Å². The predicted octanol–water partition coefficient (Wildman–Crippen LogP) is 11.0. The first-order chi connectivity index (χ1) is 34.5. The molecule has 2 N–H and O–H groups in total. The smallest absolute Gasteiger partial charge is 0.282 e. The van der Waals surface area contributed by atoms with Gasteiger partial charge in [-0.1, -0.05) is 60.7 Å². The van der Waals surface area contributed by atoms with E-state index in [1.807, 2.05) is 128 Å². The number of ether oxygens (including phenoxy) is 1. The van der Waals surface area contributed by atoms with E-state index >= 15 is 0 Å². The van der Waals surface area contributed by atoms with E-state index < -0.39 is 11.8 Å². The fourth-order valence-corrected chi connectivity index (χ4v) is 7.83. The van der Waals surface area contributed by atoms with Gasteiger partial charge in [-0.25, -0.2) is 15.0 Å². The highest BCUT2D eigenvalue weighted by molar-refractivity contribution is 6.34. The molecule has 0 bridgehead atoms. The largest absolute Gasteiger partial charge is 0.497 e. The summed E-state index contributed by atoms with van der Waals surface area (Å²) in [6.45, 7) is 1.63. The molecule has 0 aliphatic carbocycles. The van der Waals surface area contributed by atoms with Crippen molar-refractivity contribution in [1.29, 1.82) is 0 Å². The van der Waals surface area contributed by atoms with E-state index in [9.17, 15) is 19.8 Å². The summed E-state index contributed by atoms with van der Waals surface area (Å²) in [6, 6.07) is 47.7. The van der Waals surface area contributed by atoms with Crippen molar-refractivity contribution in [3.8, 4) is 17.5 Å². The molecule has 0 saturated heterocycles. The highest BCUT2D eigenvalue weighted by Gasteiger charge is 2.34. The number of benzene rings is 6. The number of azo groups is 2. The fourth-order valence-electron chi connectivity index (χ4n) is 7.83. The summed E-state index contributed by atoms with van der Waals surface area (Å²) >= 11 is 0. The molecule has 17 nitrogen and oxygen atoms in total. The van der Waals surface area contributed by atoms with Gasteiger partial charge in [-0.2, -0.15) is 14.7 Å². The maximum Gasteiger partial charge on any atom is 0.282 e. The summed E-state index contributed by atoms with van der Waals surface area (Å²) in [5.74, 6) is 0.0838. The molecule has 0 spiro atoms. The number of hydrogen-bond donors (Lipinski definition) is 2. The van der Waals surface area contributed by atoms with Crippen molar-refractivity contribution >= 4 is 81.1 Å². The molecule has 2 aliphatic heterocycles. The van der Waals surface area contributed by atoms with Crippen LogP contribution in [0.1, 0.15) is 27.9 Å². The summed E-state index contributed by atoms with van der Waals surface area (Å²) in [5.41, 5.74) is 6.96. The number of aromatic nitrogens is 3. The summed E-state index contributed by atoms with van der Waals surface area (Å²) in [6.07, 6.45) is 3.50. The van der Waals surface area contributed by atoms with Gasteiger partial charge >= 0.3 is 0 Å². The molecule has 8 aromatic rings. The number of amides is 2. The molecule has 0 fully saturated rings. The summed E-state index contributed by atoms with van der Waals surface area (Å²) in [5, 5.41) is 43.5. The first kappa shape index (κ1) is 44.9. The SMILES string of the molecule is COc1ccc(/C=C2/N=C(c3ccc(N=Nc4c(O)nn5c(O)c(N=Nc6ccc(C7=N/C(=C/c8ccc(N(C)C)cc8)C(=O)N7c7ccccc7)cc6)c(C)nc45)cc3)N(c3ccccc3)C2=O)cc1. The van der Waals surface area contributed by atoms with Crippen molar-refractivity contribution in [2.24, 2.45) is 30.4 Å². The number of carbonyl (C=O) groups excluding carboxylic acids is 2. The van der Waals surface area contributed by atoms with Crippen LogP contribution in [0.3, 0.4) is 0 Å². The highest BCUT2D eigenvalue weighted by Crippen LogP contribution is 2.39. The van der Waals surface area contributed by atoms with E-state index in [0.717, 1.165) is 21.3 Å². The minimum atomic E-state index is -0.524. The number of aliphatic imine (C=N–C) groups is 2. The van der Waals surface area contributed by atoms with Gasteiger partial charge in [0.1, 0.15) is 28.8 Å². The maximum atomic E-state index is 13.9. The van der Waals surface area contributed by atoms with E-state index in [-0.39, 0.29) is 40.2 Å². The van der Waals surface area contributed by atoms with Crippen LogP contribution in [0.25, 0.3) is 17.8 Å². The Hall–Kier alpha value is -9.90.